The molecule has 0 aromatic heterocycles. The molecule has 0 spiro atoms. The molecule has 0 radical (unpaired) electrons. The van der Waals surface area contributed by atoms with Gasteiger partial charge in [0.05, 0.1) is 5.69 Å². The molecule has 0 heterocycles. The number of fused-ring (bicyclic) bond motifs is 1. The van der Waals surface area contributed by atoms with Gasteiger partial charge in [-0.25, -0.2) is 0 Å². The highest BCUT2D eigenvalue weighted by Crippen LogP contribution is 2.36. The monoisotopic (exact) mass is 345 g/mol. The molecule has 0 bridgehead atoms. The standard InChI is InChI=1S/C24H27NO/c1-15(2)19-11-8-12-20(16(3)4)23(19)25-17(5)21-14-13-18-9-6-7-10-22(18)24(21)26/h6-16,26H,1-5H3. The van der Waals surface area contributed by atoms with Crippen molar-refractivity contribution in [1.82, 2.24) is 0 Å². The first-order valence-electron chi connectivity index (χ1n) is 9.29. The molecule has 3 aromatic rings. The SMILES string of the molecule is CC(=Nc1c(C(C)C)cccc1C(C)C)c1ccc2ccccc2c1O. The highest BCUT2D eigenvalue weighted by atomic mass is 16.3. The molecule has 134 valence electrons. The van der Waals surface area contributed by atoms with Crippen LogP contribution in [0.5, 0.6) is 5.75 Å². The van der Waals surface area contributed by atoms with Crippen LogP contribution in [-0.4, -0.2) is 10.8 Å². The summed E-state index contributed by atoms with van der Waals surface area (Å²) < 4.78 is 0. The Morgan fingerprint density at radius 3 is 2.04 bits per heavy atom. The average Bonchev–Trinajstić information content (AvgIpc) is 2.61. The third-order valence-corrected chi connectivity index (χ3v) is 4.91. The Kier molecular flexibility index (Phi) is 5.13. The summed E-state index contributed by atoms with van der Waals surface area (Å²) in [7, 11) is 0. The number of phenolic OH excluding ortho intramolecular Hbond substituents is 1. The molecule has 0 unspecified atom stereocenters. The van der Waals surface area contributed by atoms with Gasteiger partial charge in [0.1, 0.15) is 5.75 Å². The average molecular weight is 345 g/mol. The minimum atomic E-state index is 0.303. The van der Waals surface area contributed by atoms with Crippen molar-refractivity contribution in [3.8, 4) is 5.75 Å². The fourth-order valence-corrected chi connectivity index (χ4v) is 3.42. The van der Waals surface area contributed by atoms with Gasteiger partial charge in [-0.3, -0.25) is 4.99 Å². The zero-order chi connectivity index (χ0) is 18.8. The predicted octanol–water partition coefficient (Wildman–Crippen LogP) is 6.93. The van der Waals surface area contributed by atoms with Crippen LogP contribution in [0.4, 0.5) is 5.69 Å². The largest absolute Gasteiger partial charge is 0.507 e. The van der Waals surface area contributed by atoms with E-state index in [0.717, 1.165) is 27.7 Å². The quantitative estimate of drug-likeness (QED) is 0.511. The number of hydrogen-bond acceptors (Lipinski definition) is 2. The molecule has 0 saturated carbocycles. The lowest BCUT2D eigenvalue weighted by Gasteiger charge is -2.17. The van der Waals surface area contributed by atoms with Crippen LogP contribution >= 0.6 is 0 Å². The number of aliphatic imine (C=N–C) groups is 1. The van der Waals surface area contributed by atoms with Crippen LogP contribution in [0, 0.1) is 0 Å². The molecule has 0 aliphatic heterocycles. The molecule has 3 aromatic carbocycles. The van der Waals surface area contributed by atoms with E-state index in [1.807, 2.05) is 43.3 Å². The van der Waals surface area contributed by atoms with E-state index in [-0.39, 0.29) is 0 Å². The van der Waals surface area contributed by atoms with Gasteiger partial charge in [-0.05, 0) is 41.3 Å². The first-order valence-corrected chi connectivity index (χ1v) is 9.29. The van der Waals surface area contributed by atoms with Crippen LogP contribution in [0.1, 0.15) is 63.1 Å². The van der Waals surface area contributed by atoms with E-state index in [0.29, 0.717) is 17.6 Å². The number of phenols is 1. The van der Waals surface area contributed by atoms with Crippen LogP contribution in [0.3, 0.4) is 0 Å². The van der Waals surface area contributed by atoms with Crippen molar-refractivity contribution in [2.24, 2.45) is 4.99 Å². The number of para-hydroxylation sites is 1. The van der Waals surface area contributed by atoms with Crippen molar-refractivity contribution >= 4 is 22.2 Å². The Balaban J connectivity index is 2.18. The van der Waals surface area contributed by atoms with Crippen molar-refractivity contribution in [3.63, 3.8) is 0 Å². The molecule has 1 N–H and O–H groups in total. The molecule has 26 heavy (non-hydrogen) atoms. The summed E-state index contributed by atoms with van der Waals surface area (Å²) in [5.41, 5.74) is 5.16. The van der Waals surface area contributed by atoms with Crippen molar-refractivity contribution in [2.45, 2.75) is 46.5 Å². The van der Waals surface area contributed by atoms with E-state index >= 15 is 0 Å². The van der Waals surface area contributed by atoms with Gasteiger partial charge in [0.25, 0.3) is 0 Å². The third kappa shape index (κ3) is 3.37. The molecular weight excluding hydrogens is 318 g/mol. The van der Waals surface area contributed by atoms with Crippen LogP contribution < -0.4 is 0 Å². The van der Waals surface area contributed by atoms with Crippen molar-refractivity contribution < 1.29 is 5.11 Å². The summed E-state index contributed by atoms with van der Waals surface area (Å²) in [5.74, 6) is 1.09. The first-order chi connectivity index (χ1) is 12.4. The zero-order valence-electron chi connectivity index (χ0n) is 16.2. The summed E-state index contributed by atoms with van der Waals surface area (Å²) in [4.78, 5) is 5.00. The van der Waals surface area contributed by atoms with E-state index in [2.05, 4.69) is 45.9 Å². The molecule has 0 amide bonds. The van der Waals surface area contributed by atoms with E-state index in [1.165, 1.54) is 11.1 Å². The Morgan fingerprint density at radius 1 is 0.808 bits per heavy atom. The lowest BCUT2D eigenvalue weighted by molar-refractivity contribution is 0.480. The maximum Gasteiger partial charge on any atom is 0.132 e. The Morgan fingerprint density at radius 2 is 1.42 bits per heavy atom. The molecule has 0 fully saturated rings. The lowest BCUT2D eigenvalue weighted by Crippen LogP contribution is -2.00. The maximum atomic E-state index is 10.8. The van der Waals surface area contributed by atoms with Crippen LogP contribution in [0.25, 0.3) is 10.8 Å². The van der Waals surface area contributed by atoms with Crippen molar-refractivity contribution in [3.05, 3.63) is 71.3 Å². The van der Waals surface area contributed by atoms with Gasteiger partial charge in [-0.2, -0.15) is 0 Å². The van der Waals surface area contributed by atoms with E-state index in [1.54, 1.807) is 0 Å². The molecule has 0 saturated heterocycles. The second kappa shape index (κ2) is 7.33. The van der Waals surface area contributed by atoms with Crippen molar-refractivity contribution in [2.75, 3.05) is 0 Å². The van der Waals surface area contributed by atoms with Gasteiger partial charge in [0.15, 0.2) is 0 Å². The third-order valence-electron chi connectivity index (χ3n) is 4.91. The van der Waals surface area contributed by atoms with E-state index < -0.39 is 0 Å². The predicted molar refractivity (Wildman–Crippen MR) is 112 cm³/mol. The number of nitrogens with zero attached hydrogens (tertiary/aromatic N) is 1. The Bertz CT molecular complexity index is 941. The van der Waals surface area contributed by atoms with Crippen LogP contribution in [0.2, 0.25) is 0 Å². The second-order valence-electron chi connectivity index (χ2n) is 7.47. The fraction of sp³-hybridized carbons (Fsp3) is 0.292. The zero-order valence-corrected chi connectivity index (χ0v) is 16.2. The molecule has 2 heteroatoms. The number of hydrogen-bond donors (Lipinski definition) is 1. The van der Waals surface area contributed by atoms with Crippen LogP contribution in [0.15, 0.2) is 59.6 Å². The van der Waals surface area contributed by atoms with Gasteiger partial charge in [0, 0.05) is 16.7 Å². The maximum absolute atomic E-state index is 10.8. The summed E-state index contributed by atoms with van der Waals surface area (Å²) in [5, 5.41) is 12.7. The molecule has 0 atom stereocenters. The minimum absolute atomic E-state index is 0.303. The summed E-state index contributed by atoms with van der Waals surface area (Å²) in [6.45, 7) is 10.8. The van der Waals surface area contributed by atoms with Gasteiger partial charge in [-0.1, -0.05) is 76.2 Å². The molecule has 0 aliphatic carbocycles. The van der Waals surface area contributed by atoms with Gasteiger partial charge in [0.2, 0.25) is 0 Å². The smallest absolute Gasteiger partial charge is 0.132 e. The van der Waals surface area contributed by atoms with Gasteiger partial charge >= 0.3 is 0 Å². The molecule has 3 rings (SSSR count). The normalized spacial score (nSPS) is 12.3. The van der Waals surface area contributed by atoms with E-state index in [9.17, 15) is 5.11 Å². The van der Waals surface area contributed by atoms with E-state index in [4.69, 9.17) is 4.99 Å². The topological polar surface area (TPSA) is 32.6 Å². The van der Waals surface area contributed by atoms with Crippen molar-refractivity contribution in [1.29, 1.82) is 0 Å². The lowest BCUT2D eigenvalue weighted by atomic mass is 9.92. The minimum Gasteiger partial charge on any atom is -0.507 e. The highest BCUT2D eigenvalue weighted by Gasteiger charge is 2.15. The Labute approximate surface area is 156 Å². The van der Waals surface area contributed by atoms with Gasteiger partial charge < -0.3 is 5.11 Å². The Hall–Kier alpha value is -2.61. The number of rotatable bonds is 4. The second-order valence-corrected chi connectivity index (χ2v) is 7.47. The molecular formula is C24H27NO. The van der Waals surface area contributed by atoms with Crippen LogP contribution in [-0.2, 0) is 0 Å². The number of benzene rings is 3. The molecule has 2 nitrogen and oxygen atoms in total. The highest BCUT2D eigenvalue weighted by molar-refractivity contribution is 6.07. The number of aromatic hydroxyl groups is 1. The van der Waals surface area contributed by atoms with Gasteiger partial charge in [-0.15, -0.1) is 0 Å². The summed E-state index contributed by atoms with van der Waals surface area (Å²) >= 11 is 0. The first kappa shape index (κ1) is 18.2. The summed E-state index contributed by atoms with van der Waals surface area (Å²) in [6.07, 6.45) is 0. The summed E-state index contributed by atoms with van der Waals surface area (Å²) in [6, 6.07) is 18.3. The molecule has 0 aliphatic rings. The fourth-order valence-electron chi connectivity index (χ4n) is 3.42.